The first kappa shape index (κ1) is 15.6. The van der Waals surface area contributed by atoms with Gasteiger partial charge in [-0.2, -0.15) is 0 Å². The molecule has 0 atom stereocenters. The summed E-state index contributed by atoms with van der Waals surface area (Å²) in [5.74, 6) is 1.32. The zero-order valence-electron chi connectivity index (χ0n) is 14.2. The number of benzene rings is 1. The molecule has 1 aromatic carbocycles. The van der Waals surface area contributed by atoms with Crippen molar-refractivity contribution in [3.05, 3.63) is 48.2 Å². The van der Waals surface area contributed by atoms with E-state index in [1.807, 2.05) is 24.3 Å². The molecule has 1 aliphatic heterocycles. The monoisotopic (exact) mass is 336 g/mol. The van der Waals surface area contributed by atoms with Crippen LogP contribution in [0.1, 0.15) is 36.1 Å². The zero-order valence-corrected chi connectivity index (χ0v) is 14.2. The van der Waals surface area contributed by atoms with Crippen LogP contribution in [-0.2, 0) is 0 Å². The molecule has 0 aliphatic carbocycles. The van der Waals surface area contributed by atoms with Crippen LogP contribution >= 0.6 is 0 Å². The second-order valence-corrected chi connectivity index (χ2v) is 6.60. The summed E-state index contributed by atoms with van der Waals surface area (Å²) in [5, 5.41) is 3.32. The van der Waals surface area contributed by atoms with Crippen molar-refractivity contribution < 1.29 is 4.79 Å². The number of imidazole rings is 1. The Morgan fingerprint density at radius 1 is 1.24 bits per heavy atom. The number of hydrogen-bond acceptors (Lipinski definition) is 5. The minimum Gasteiger partial charge on any atom is -0.366 e. The van der Waals surface area contributed by atoms with Gasteiger partial charge in [0.25, 0.3) is 5.91 Å². The van der Waals surface area contributed by atoms with Crippen molar-refractivity contribution in [2.45, 2.75) is 25.8 Å². The fourth-order valence-electron chi connectivity index (χ4n) is 3.05. The number of para-hydroxylation sites is 2. The van der Waals surface area contributed by atoms with E-state index in [2.05, 4.69) is 39.1 Å². The van der Waals surface area contributed by atoms with Gasteiger partial charge in [-0.3, -0.25) is 9.78 Å². The Morgan fingerprint density at radius 3 is 2.76 bits per heavy atom. The first-order valence-corrected chi connectivity index (χ1v) is 8.43. The van der Waals surface area contributed by atoms with E-state index in [1.165, 1.54) is 0 Å². The Bertz CT molecular complexity index is 880. The van der Waals surface area contributed by atoms with Gasteiger partial charge in [-0.25, -0.2) is 9.97 Å². The normalized spacial score (nSPS) is 14.8. The summed E-state index contributed by atoms with van der Waals surface area (Å²) in [6.07, 6.45) is 3.38. The van der Waals surface area contributed by atoms with Crippen LogP contribution in [0.25, 0.3) is 11.0 Å². The standard InChI is InChI=1S/C18H20N6O/c1-11(2)21-16-15(19-7-8-20-16)12-9-24(10-12)18(25)17-22-13-5-3-4-6-14(13)23-17/h3-8,11-12H,9-10H2,1-2H3,(H,20,21)(H,22,23). The second kappa shape index (κ2) is 6.16. The highest BCUT2D eigenvalue weighted by Gasteiger charge is 2.36. The molecule has 0 spiro atoms. The molecule has 128 valence electrons. The van der Waals surface area contributed by atoms with Crippen LogP contribution < -0.4 is 5.32 Å². The van der Waals surface area contributed by atoms with Crippen molar-refractivity contribution >= 4 is 22.8 Å². The number of carbonyl (C=O) groups is 1. The average molecular weight is 336 g/mol. The summed E-state index contributed by atoms with van der Waals surface area (Å²) in [5.41, 5.74) is 2.60. The van der Waals surface area contributed by atoms with Gasteiger partial charge in [0.05, 0.1) is 16.7 Å². The second-order valence-electron chi connectivity index (χ2n) is 6.60. The van der Waals surface area contributed by atoms with Gasteiger partial charge >= 0.3 is 0 Å². The van der Waals surface area contributed by atoms with Gasteiger partial charge in [-0.05, 0) is 26.0 Å². The number of anilines is 1. The van der Waals surface area contributed by atoms with E-state index in [0.29, 0.717) is 18.9 Å². The molecule has 2 N–H and O–H groups in total. The molecule has 1 amide bonds. The Hall–Kier alpha value is -2.96. The van der Waals surface area contributed by atoms with Crippen LogP contribution in [0.2, 0.25) is 0 Å². The Kier molecular flexibility index (Phi) is 3.83. The zero-order chi connectivity index (χ0) is 17.4. The lowest BCUT2D eigenvalue weighted by Gasteiger charge is -2.38. The number of fused-ring (bicyclic) bond motifs is 1. The molecule has 0 saturated carbocycles. The molecule has 2 aromatic heterocycles. The highest BCUT2D eigenvalue weighted by atomic mass is 16.2. The predicted molar refractivity (Wildman–Crippen MR) is 95.5 cm³/mol. The van der Waals surface area contributed by atoms with Crippen molar-refractivity contribution in [3.63, 3.8) is 0 Å². The molecule has 4 rings (SSSR count). The molecule has 0 unspecified atom stereocenters. The van der Waals surface area contributed by atoms with Crippen LogP contribution in [0.5, 0.6) is 0 Å². The molecule has 0 bridgehead atoms. The highest BCUT2D eigenvalue weighted by molar-refractivity contribution is 5.94. The number of hydrogen-bond donors (Lipinski definition) is 2. The molecule has 3 aromatic rings. The molecule has 3 heterocycles. The number of H-pyrrole nitrogens is 1. The maximum Gasteiger partial charge on any atom is 0.289 e. The van der Waals surface area contributed by atoms with Gasteiger partial charge in [0, 0.05) is 37.4 Å². The summed E-state index contributed by atoms with van der Waals surface area (Å²) in [4.78, 5) is 30.7. The summed E-state index contributed by atoms with van der Waals surface area (Å²) in [7, 11) is 0. The number of amides is 1. The van der Waals surface area contributed by atoms with E-state index in [-0.39, 0.29) is 17.9 Å². The van der Waals surface area contributed by atoms with Crippen LogP contribution in [-0.4, -0.2) is 49.9 Å². The van der Waals surface area contributed by atoms with Gasteiger partial charge in [0.1, 0.15) is 5.82 Å². The van der Waals surface area contributed by atoms with Crippen molar-refractivity contribution in [2.75, 3.05) is 18.4 Å². The summed E-state index contributed by atoms with van der Waals surface area (Å²) in [6.45, 7) is 5.38. The van der Waals surface area contributed by atoms with Crippen molar-refractivity contribution in [2.24, 2.45) is 0 Å². The summed E-state index contributed by atoms with van der Waals surface area (Å²) < 4.78 is 0. The van der Waals surface area contributed by atoms with Gasteiger partial charge in [0.15, 0.2) is 5.82 Å². The van der Waals surface area contributed by atoms with Gasteiger partial charge in [-0.15, -0.1) is 0 Å². The lowest BCUT2D eigenvalue weighted by molar-refractivity contribution is 0.0587. The van der Waals surface area contributed by atoms with Gasteiger partial charge < -0.3 is 15.2 Å². The Balaban J connectivity index is 1.47. The third-order valence-electron chi connectivity index (χ3n) is 4.30. The van der Waals surface area contributed by atoms with E-state index >= 15 is 0 Å². The Morgan fingerprint density at radius 2 is 2.00 bits per heavy atom. The van der Waals surface area contributed by atoms with Crippen LogP contribution in [0.3, 0.4) is 0 Å². The number of carbonyl (C=O) groups excluding carboxylic acids is 1. The van der Waals surface area contributed by atoms with E-state index < -0.39 is 0 Å². The molecule has 1 aliphatic rings. The van der Waals surface area contributed by atoms with Gasteiger partial charge in [-0.1, -0.05) is 12.1 Å². The minimum atomic E-state index is -0.0743. The van der Waals surface area contributed by atoms with E-state index in [4.69, 9.17) is 0 Å². The number of rotatable bonds is 4. The highest BCUT2D eigenvalue weighted by Crippen LogP contribution is 2.30. The lowest BCUT2D eigenvalue weighted by atomic mass is 9.95. The van der Waals surface area contributed by atoms with Crippen LogP contribution in [0.4, 0.5) is 5.82 Å². The van der Waals surface area contributed by atoms with Gasteiger partial charge in [0.2, 0.25) is 0 Å². The fourth-order valence-corrected chi connectivity index (χ4v) is 3.05. The largest absolute Gasteiger partial charge is 0.366 e. The molecular formula is C18H20N6O. The molecule has 1 fully saturated rings. The SMILES string of the molecule is CC(C)Nc1nccnc1C1CN(C(=O)c2nc3ccccc3[nH]2)C1. The van der Waals surface area contributed by atoms with Crippen molar-refractivity contribution in [3.8, 4) is 0 Å². The van der Waals surface area contributed by atoms with E-state index in [1.54, 1.807) is 17.3 Å². The quantitative estimate of drug-likeness (QED) is 0.764. The number of aromatic nitrogens is 4. The lowest BCUT2D eigenvalue weighted by Crippen LogP contribution is -2.49. The molecule has 25 heavy (non-hydrogen) atoms. The number of nitrogens with zero attached hydrogens (tertiary/aromatic N) is 4. The topological polar surface area (TPSA) is 86.8 Å². The molecule has 0 radical (unpaired) electrons. The Labute approximate surface area is 145 Å². The number of aromatic amines is 1. The smallest absolute Gasteiger partial charge is 0.289 e. The summed E-state index contributed by atoms with van der Waals surface area (Å²) >= 11 is 0. The van der Waals surface area contributed by atoms with Crippen LogP contribution in [0, 0.1) is 0 Å². The molecule has 1 saturated heterocycles. The van der Waals surface area contributed by atoms with Crippen molar-refractivity contribution in [1.82, 2.24) is 24.8 Å². The molecular weight excluding hydrogens is 316 g/mol. The third-order valence-corrected chi connectivity index (χ3v) is 4.30. The number of nitrogens with one attached hydrogen (secondary N) is 2. The predicted octanol–water partition coefficient (Wildman–Crippen LogP) is 2.41. The summed E-state index contributed by atoms with van der Waals surface area (Å²) in [6, 6.07) is 7.93. The van der Waals surface area contributed by atoms with E-state index in [9.17, 15) is 4.79 Å². The van der Waals surface area contributed by atoms with Crippen molar-refractivity contribution in [1.29, 1.82) is 0 Å². The van der Waals surface area contributed by atoms with E-state index in [0.717, 1.165) is 22.5 Å². The maximum absolute atomic E-state index is 12.6. The molecule has 7 nitrogen and oxygen atoms in total. The maximum atomic E-state index is 12.6. The first-order valence-electron chi connectivity index (χ1n) is 8.43. The average Bonchev–Trinajstić information content (AvgIpc) is 2.98. The minimum absolute atomic E-state index is 0.0743. The first-order chi connectivity index (χ1) is 12.1. The third kappa shape index (κ3) is 2.93. The van der Waals surface area contributed by atoms with Crippen LogP contribution in [0.15, 0.2) is 36.7 Å². The molecule has 7 heteroatoms. The number of likely N-dealkylation sites (tertiary alicyclic amines) is 1. The fraction of sp³-hybridized carbons (Fsp3) is 0.333.